The summed E-state index contributed by atoms with van der Waals surface area (Å²) < 4.78 is 18.5. The number of carbonyl (C=O) groups is 1. The molecule has 0 bridgehead atoms. The number of amides is 1. The summed E-state index contributed by atoms with van der Waals surface area (Å²) in [6, 6.07) is 4.61. The molecule has 21 heavy (non-hydrogen) atoms. The Bertz CT molecular complexity index is 499. The van der Waals surface area contributed by atoms with E-state index >= 15 is 0 Å². The zero-order chi connectivity index (χ0) is 14.7. The Labute approximate surface area is 130 Å². The first kappa shape index (κ1) is 17.7. The largest absolute Gasteiger partial charge is 0.494 e. The van der Waals surface area contributed by atoms with E-state index in [9.17, 15) is 9.18 Å². The van der Waals surface area contributed by atoms with E-state index in [1.165, 1.54) is 13.2 Å². The number of benzene rings is 1. The van der Waals surface area contributed by atoms with Gasteiger partial charge < -0.3 is 15.8 Å². The van der Waals surface area contributed by atoms with Crippen molar-refractivity contribution in [1.82, 2.24) is 5.32 Å². The Balaban J connectivity index is 0.00000220. The molecule has 2 rings (SSSR count). The lowest BCUT2D eigenvalue weighted by Gasteiger charge is -2.18. The molecule has 6 heteroatoms. The van der Waals surface area contributed by atoms with Crippen molar-refractivity contribution in [2.45, 2.75) is 38.3 Å². The molecule has 0 heterocycles. The molecule has 0 spiro atoms. The van der Waals surface area contributed by atoms with Crippen molar-refractivity contribution in [3.05, 3.63) is 29.6 Å². The number of methoxy groups -OCH3 is 1. The van der Waals surface area contributed by atoms with Crippen LogP contribution in [0.5, 0.6) is 5.75 Å². The lowest BCUT2D eigenvalue weighted by atomic mass is 10.0. The van der Waals surface area contributed by atoms with E-state index in [0.717, 1.165) is 24.8 Å². The average molecular weight is 317 g/mol. The number of nitrogens with one attached hydrogen (secondary N) is 1. The van der Waals surface area contributed by atoms with Gasteiger partial charge in [-0.2, -0.15) is 0 Å². The molecule has 0 aromatic heterocycles. The Morgan fingerprint density at radius 2 is 2.19 bits per heavy atom. The molecule has 3 atom stereocenters. The third-order valence-electron chi connectivity index (χ3n) is 3.88. The highest BCUT2D eigenvalue weighted by Gasteiger charge is 2.28. The Kier molecular flexibility index (Phi) is 6.42. The summed E-state index contributed by atoms with van der Waals surface area (Å²) in [4.78, 5) is 12.1. The van der Waals surface area contributed by atoms with Crippen molar-refractivity contribution in [2.75, 3.05) is 7.11 Å². The van der Waals surface area contributed by atoms with Gasteiger partial charge in [0, 0.05) is 12.0 Å². The summed E-state index contributed by atoms with van der Waals surface area (Å²) in [6.07, 6.45) is 2.45. The molecule has 1 saturated carbocycles. The van der Waals surface area contributed by atoms with Gasteiger partial charge in [-0.15, -0.1) is 12.4 Å². The molecule has 1 aromatic carbocycles. The fourth-order valence-electron chi connectivity index (χ4n) is 2.62. The molecular formula is C15H22ClFN2O2. The van der Waals surface area contributed by atoms with Crippen molar-refractivity contribution in [2.24, 2.45) is 11.7 Å². The van der Waals surface area contributed by atoms with E-state index < -0.39 is 5.82 Å². The number of carbonyl (C=O) groups excluding carboxylic acids is 1. The van der Waals surface area contributed by atoms with Crippen LogP contribution in [0.2, 0.25) is 0 Å². The van der Waals surface area contributed by atoms with Crippen LogP contribution in [0.25, 0.3) is 0 Å². The molecule has 1 amide bonds. The fraction of sp³-hybridized carbons (Fsp3) is 0.533. The molecule has 3 N–H and O–H groups in total. The summed E-state index contributed by atoms with van der Waals surface area (Å²) in [5.74, 6) is -0.236. The van der Waals surface area contributed by atoms with Gasteiger partial charge in [-0.05, 0) is 43.9 Å². The molecule has 0 saturated heterocycles. The monoisotopic (exact) mass is 316 g/mol. The number of ether oxygens (including phenoxy) is 1. The molecule has 0 aliphatic heterocycles. The van der Waals surface area contributed by atoms with E-state index in [1.807, 2.05) is 6.92 Å². The lowest BCUT2D eigenvalue weighted by Crippen LogP contribution is -2.32. The van der Waals surface area contributed by atoms with Crippen LogP contribution in [0, 0.1) is 11.7 Å². The van der Waals surface area contributed by atoms with Crippen molar-refractivity contribution in [1.29, 1.82) is 0 Å². The zero-order valence-corrected chi connectivity index (χ0v) is 13.1. The molecule has 1 aromatic rings. The first-order chi connectivity index (χ1) is 9.51. The van der Waals surface area contributed by atoms with Crippen LogP contribution in [0.3, 0.4) is 0 Å². The molecule has 1 aliphatic carbocycles. The van der Waals surface area contributed by atoms with E-state index in [0.29, 0.717) is 0 Å². The number of hydrogen-bond acceptors (Lipinski definition) is 3. The summed E-state index contributed by atoms with van der Waals surface area (Å²) in [6.45, 7) is 1.84. The zero-order valence-electron chi connectivity index (χ0n) is 12.3. The van der Waals surface area contributed by atoms with Gasteiger partial charge in [-0.1, -0.05) is 6.07 Å². The SMILES string of the molecule is COc1ccc(C(C)NC(=O)C2CCC(N)C2)cc1F.Cl. The van der Waals surface area contributed by atoms with Gasteiger partial charge >= 0.3 is 0 Å². The third-order valence-corrected chi connectivity index (χ3v) is 3.88. The predicted octanol–water partition coefficient (Wildman–Crippen LogP) is 2.56. The van der Waals surface area contributed by atoms with Crippen LogP contribution in [0.1, 0.15) is 37.8 Å². The summed E-state index contributed by atoms with van der Waals surface area (Å²) in [5, 5.41) is 2.92. The second-order valence-corrected chi connectivity index (χ2v) is 5.39. The van der Waals surface area contributed by atoms with Crippen LogP contribution in [-0.2, 0) is 4.79 Å². The van der Waals surface area contributed by atoms with Gasteiger partial charge in [-0.3, -0.25) is 4.79 Å². The smallest absolute Gasteiger partial charge is 0.223 e. The van der Waals surface area contributed by atoms with Crippen LogP contribution in [0.4, 0.5) is 4.39 Å². The topological polar surface area (TPSA) is 64.3 Å². The van der Waals surface area contributed by atoms with Gasteiger partial charge in [0.2, 0.25) is 5.91 Å². The second-order valence-electron chi connectivity index (χ2n) is 5.39. The standard InChI is InChI=1S/C15H21FN2O2.ClH/c1-9(10-4-6-14(20-2)13(16)8-10)18-15(19)11-3-5-12(17)7-11;/h4,6,8-9,11-12H,3,5,7,17H2,1-2H3,(H,18,19);1H. The first-order valence-corrected chi connectivity index (χ1v) is 6.90. The lowest BCUT2D eigenvalue weighted by molar-refractivity contribution is -0.125. The molecule has 1 aliphatic rings. The molecule has 4 nitrogen and oxygen atoms in total. The van der Waals surface area contributed by atoms with Gasteiger partial charge in [0.15, 0.2) is 11.6 Å². The van der Waals surface area contributed by atoms with Crippen LogP contribution < -0.4 is 15.8 Å². The highest BCUT2D eigenvalue weighted by Crippen LogP contribution is 2.26. The van der Waals surface area contributed by atoms with Gasteiger partial charge in [0.05, 0.1) is 13.2 Å². The molecule has 0 radical (unpaired) electrons. The van der Waals surface area contributed by atoms with E-state index in [4.69, 9.17) is 10.5 Å². The maximum absolute atomic E-state index is 13.6. The minimum Gasteiger partial charge on any atom is -0.494 e. The number of hydrogen-bond donors (Lipinski definition) is 2. The van der Waals surface area contributed by atoms with Crippen molar-refractivity contribution in [3.63, 3.8) is 0 Å². The van der Waals surface area contributed by atoms with Crippen LogP contribution in [0.15, 0.2) is 18.2 Å². The third kappa shape index (κ3) is 4.32. The van der Waals surface area contributed by atoms with E-state index in [1.54, 1.807) is 12.1 Å². The molecule has 3 unspecified atom stereocenters. The van der Waals surface area contributed by atoms with E-state index in [-0.39, 0.29) is 42.1 Å². The van der Waals surface area contributed by atoms with Gasteiger partial charge in [-0.25, -0.2) is 4.39 Å². The Hall–Kier alpha value is -1.33. The van der Waals surface area contributed by atoms with Crippen molar-refractivity contribution < 1.29 is 13.9 Å². The first-order valence-electron chi connectivity index (χ1n) is 6.90. The summed E-state index contributed by atoms with van der Waals surface area (Å²) in [7, 11) is 1.42. The van der Waals surface area contributed by atoms with Crippen LogP contribution >= 0.6 is 12.4 Å². The minimum absolute atomic E-state index is 0. The fourth-order valence-corrected chi connectivity index (χ4v) is 2.62. The molecule has 1 fully saturated rings. The molecular weight excluding hydrogens is 295 g/mol. The Morgan fingerprint density at radius 1 is 1.48 bits per heavy atom. The maximum Gasteiger partial charge on any atom is 0.223 e. The summed E-state index contributed by atoms with van der Waals surface area (Å²) >= 11 is 0. The number of rotatable bonds is 4. The second kappa shape index (κ2) is 7.61. The van der Waals surface area contributed by atoms with Gasteiger partial charge in [0.25, 0.3) is 0 Å². The molecule has 118 valence electrons. The van der Waals surface area contributed by atoms with Crippen LogP contribution in [-0.4, -0.2) is 19.1 Å². The normalized spacial score (nSPS) is 22.3. The van der Waals surface area contributed by atoms with E-state index in [2.05, 4.69) is 5.32 Å². The number of nitrogens with two attached hydrogens (primary N) is 1. The number of halogens is 2. The Morgan fingerprint density at radius 3 is 2.71 bits per heavy atom. The highest BCUT2D eigenvalue weighted by molar-refractivity contribution is 5.85. The van der Waals surface area contributed by atoms with Gasteiger partial charge in [0.1, 0.15) is 0 Å². The van der Waals surface area contributed by atoms with Crippen molar-refractivity contribution >= 4 is 18.3 Å². The minimum atomic E-state index is -0.422. The van der Waals surface area contributed by atoms with Crippen molar-refractivity contribution in [3.8, 4) is 5.75 Å². The summed E-state index contributed by atoms with van der Waals surface area (Å²) in [5.41, 5.74) is 6.53. The average Bonchev–Trinajstić information content (AvgIpc) is 2.85. The highest BCUT2D eigenvalue weighted by atomic mass is 35.5. The predicted molar refractivity (Wildman–Crippen MR) is 82.1 cm³/mol. The quantitative estimate of drug-likeness (QED) is 0.897. The maximum atomic E-state index is 13.6.